The molecule has 29 heavy (non-hydrogen) atoms. The van der Waals surface area contributed by atoms with Gasteiger partial charge in [0.25, 0.3) is 0 Å². The van der Waals surface area contributed by atoms with E-state index in [2.05, 4.69) is 26.1 Å². The molecule has 2 heterocycles. The molecule has 0 saturated heterocycles. The van der Waals surface area contributed by atoms with Crippen molar-refractivity contribution in [1.29, 1.82) is 5.26 Å². The molecule has 0 spiro atoms. The summed E-state index contributed by atoms with van der Waals surface area (Å²) in [7, 11) is 1.75. The minimum Gasteiger partial charge on any atom is -0.483 e. The third-order valence-corrected chi connectivity index (χ3v) is 5.07. The van der Waals surface area contributed by atoms with E-state index >= 15 is 0 Å². The molecular weight excluding hydrogens is 413 g/mol. The van der Waals surface area contributed by atoms with Gasteiger partial charge in [0.1, 0.15) is 31.1 Å². The SMILES string of the molecule is Cn1cnc(COc2c(C#N)cc(-c3cccc(Cl)c3Cl)c3ncnc(N)c23)n1. The summed E-state index contributed by atoms with van der Waals surface area (Å²) in [6.45, 7) is 0.0518. The second kappa shape index (κ2) is 7.54. The zero-order valence-corrected chi connectivity index (χ0v) is 16.6. The number of hydrogen-bond acceptors (Lipinski definition) is 7. The molecule has 0 atom stereocenters. The fourth-order valence-electron chi connectivity index (χ4n) is 2.98. The van der Waals surface area contributed by atoms with E-state index in [9.17, 15) is 5.26 Å². The van der Waals surface area contributed by atoms with Crippen molar-refractivity contribution in [3.63, 3.8) is 0 Å². The smallest absolute Gasteiger partial charge is 0.188 e. The third-order valence-electron chi connectivity index (χ3n) is 4.25. The van der Waals surface area contributed by atoms with Gasteiger partial charge >= 0.3 is 0 Å². The van der Waals surface area contributed by atoms with E-state index in [-0.39, 0.29) is 23.7 Å². The highest BCUT2D eigenvalue weighted by molar-refractivity contribution is 6.44. The molecule has 144 valence electrons. The highest BCUT2D eigenvalue weighted by Gasteiger charge is 2.21. The number of aryl methyl sites for hydroxylation is 1. The van der Waals surface area contributed by atoms with Gasteiger partial charge in [0.2, 0.25) is 0 Å². The number of nitrogen functional groups attached to an aromatic ring is 1. The van der Waals surface area contributed by atoms with Crippen LogP contribution in [0.3, 0.4) is 0 Å². The molecule has 0 saturated carbocycles. The number of nitrogens with zero attached hydrogens (tertiary/aromatic N) is 6. The van der Waals surface area contributed by atoms with Crippen LogP contribution in [0.5, 0.6) is 5.75 Å². The highest BCUT2D eigenvalue weighted by Crippen LogP contribution is 2.42. The topological polar surface area (TPSA) is 116 Å². The van der Waals surface area contributed by atoms with Crippen LogP contribution in [0.4, 0.5) is 5.82 Å². The van der Waals surface area contributed by atoms with Gasteiger partial charge < -0.3 is 10.5 Å². The maximum atomic E-state index is 9.76. The average molecular weight is 426 g/mol. The molecule has 0 unspecified atom stereocenters. The van der Waals surface area contributed by atoms with Gasteiger partial charge in [-0.25, -0.2) is 15.0 Å². The van der Waals surface area contributed by atoms with E-state index in [4.69, 9.17) is 33.7 Å². The second-order valence-electron chi connectivity index (χ2n) is 6.12. The van der Waals surface area contributed by atoms with Crippen LogP contribution in [-0.2, 0) is 13.7 Å². The predicted octanol–water partition coefficient (Wildman–Crippen LogP) is 3.76. The molecule has 2 N–H and O–H groups in total. The molecule has 0 aliphatic heterocycles. The molecule has 0 aliphatic carbocycles. The van der Waals surface area contributed by atoms with E-state index in [1.807, 2.05) is 0 Å². The first-order valence-electron chi connectivity index (χ1n) is 8.38. The Labute approximate surface area is 175 Å². The van der Waals surface area contributed by atoms with Gasteiger partial charge in [0.15, 0.2) is 11.6 Å². The summed E-state index contributed by atoms with van der Waals surface area (Å²) in [6, 6.07) is 9.03. The summed E-state index contributed by atoms with van der Waals surface area (Å²) in [6.07, 6.45) is 2.90. The Balaban J connectivity index is 1.94. The molecule has 4 rings (SSSR count). The lowest BCUT2D eigenvalue weighted by molar-refractivity contribution is 0.298. The number of aromatic nitrogens is 5. The Morgan fingerprint density at radius 2 is 2.03 bits per heavy atom. The molecule has 2 aromatic heterocycles. The lowest BCUT2D eigenvalue weighted by Crippen LogP contribution is -2.04. The lowest BCUT2D eigenvalue weighted by atomic mass is 9.98. The Morgan fingerprint density at radius 3 is 2.76 bits per heavy atom. The van der Waals surface area contributed by atoms with E-state index in [0.717, 1.165) is 0 Å². The molecule has 10 heteroatoms. The van der Waals surface area contributed by atoms with Crippen molar-refractivity contribution in [1.82, 2.24) is 24.7 Å². The molecule has 8 nitrogen and oxygen atoms in total. The van der Waals surface area contributed by atoms with Crippen LogP contribution in [0.2, 0.25) is 10.0 Å². The number of nitriles is 1. The van der Waals surface area contributed by atoms with Crippen molar-refractivity contribution in [3.05, 3.63) is 58.4 Å². The summed E-state index contributed by atoms with van der Waals surface area (Å²) in [5.41, 5.74) is 8.10. The molecular formula is C19H13Cl2N7O. The van der Waals surface area contributed by atoms with Crippen LogP contribution in [0.1, 0.15) is 11.4 Å². The standard InChI is InChI=1S/C19H13Cl2N7O/c1-28-9-26-14(27-28)7-29-18-10(6-22)5-12(11-3-2-4-13(20)16(11)21)17-15(18)19(23)25-8-24-17/h2-5,8-9H,7H2,1H3,(H2,23,24,25). The Kier molecular flexibility index (Phi) is 4.92. The van der Waals surface area contributed by atoms with Gasteiger partial charge in [-0.1, -0.05) is 35.3 Å². The number of hydrogen-bond donors (Lipinski definition) is 1. The van der Waals surface area contributed by atoms with E-state index in [1.165, 1.54) is 6.33 Å². The van der Waals surface area contributed by atoms with E-state index in [0.29, 0.717) is 37.9 Å². The fraction of sp³-hybridized carbons (Fsp3) is 0.105. The maximum absolute atomic E-state index is 9.76. The Hall–Kier alpha value is -3.41. The van der Waals surface area contributed by atoms with Crippen LogP contribution >= 0.6 is 23.2 Å². The number of halogens is 2. The average Bonchev–Trinajstić information content (AvgIpc) is 3.13. The molecule has 0 bridgehead atoms. The monoisotopic (exact) mass is 425 g/mol. The van der Waals surface area contributed by atoms with Crippen LogP contribution in [0, 0.1) is 11.3 Å². The number of fused-ring (bicyclic) bond motifs is 1. The largest absolute Gasteiger partial charge is 0.483 e. The summed E-state index contributed by atoms with van der Waals surface area (Å²) in [5.74, 6) is 0.896. The fourth-order valence-corrected chi connectivity index (χ4v) is 3.38. The number of rotatable bonds is 4. The minimum atomic E-state index is 0.0518. The third kappa shape index (κ3) is 3.42. The number of ether oxygens (including phenoxy) is 1. The van der Waals surface area contributed by atoms with Gasteiger partial charge in [-0.15, -0.1) is 0 Å². The van der Waals surface area contributed by atoms with Crippen molar-refractivity contribution in [2.24, 2.45) is 7.05 Å². The summed E-state index contributed by atoms with van der Waals surface area (Å²) in [5, 5.41) is 15.1. The van der Waals surface area contributed by atoms with Gasteiger partial charge in [-0.05, 0) is 12.1 Å². The summed E-state index contributed by atoms with van der Waals surface area (Å²) < 4.78 is 7.45. The first-order chi connectivity index (χ1) is 14.0. The second-order valence-corrected chi connectivity index (χ2v) is 6.90. The highest BCUT2D eigenvalue weighted by atomic mass is 35.5. The van der Waals surface area contributed by atoms with Gasteiger partial charge in [-0.2, -0.15) is 10.4 Å². The molecule has 2 aromatic carbocycles. The van der Waals surface area contributed by atoms with Crippen molar-refractivity contribution >= 4 is 39.9 Å². The number of benzene rings is 2. The van der Waals surface area contributed by atoms with Crippen molar-refractivity contribution in [2.45, 2.75) is 6.61 Å². The van der Waals surface area contributed by atoms with Crippen LogP contribution in [0.15, 0.2) is 36.9 Å². The Morgan fingerprint density at radius 1 is 1.21 bits per heavy atom. The summed E-state index contributed by atoms with van der Waals surface area (Å²) in [4.78, 5) is 12.6. The minimum absolute atomic E-state index is 0.0518. The lowest BCUT2D eigenvalue weighted by Gasteiger charge is -2.15. The van der Waals surface area contributed by atoms with Gasteiger partial charge in [0.05, 0.1) is 26.5 Å². The van der Waals surface area contributed by atoms with Crippen molar-refractivity contribution < 1.29 is 4.74 Å². The summed E-state index contributed by atoms with van der Waals surface area (Å²) >= 11 is 12.6. The first-order valence-corrected chi connectivity index (χ1v) is 9.14. The van der Waals surface area contributed by atoms with E-state index in [1.54, 1.807) is 42.3 Å². The zero-order chi connectivity index (χ0) is 20.5. The van der Waals surface area contributed by atoms with Crippen LogP contribution in [-0.4, -0.2) is 24.7 Å². The molecule has 0 aliphatic rings. The predicted molar refractivity (Wildman–Crippen MR) is 109 cm³/mol. The van der Waals surface area contributed by atoms with Crippen LogP contribution in [0.25, 0.3) is 22.0 Å². The molecule has 0 amide bonds. The molecule has 0 radical (unpaired) electrons. The molecule has 0 fully saturated rings. The number of nitrogens with two attached hydrogens (primary N) is 1. The zero-order valence-electron chi connectivity index (χ0n) is 15.1. The first kappa shape index (κ1) is 18.9. The normalized spacial score (nSPS) is 10.8. The van der Waals surface area contributed by atoms with Gasteiger partial charge in [-0.3, -0.25) is 4.68 Å². The quantitative estimate of drug-likeness (QED) is 0.528. The van der Waals surface area contributed by atoms with Crippen molar-refractivity contribution in [2.75, 3.05) is 5.73 Å². The van der Waals surface area contributed by atoms with Crippen molar-refractivity contribution in [3.8, 4) is 22.9 Å². The van der Waals surface area contributed by atoms with E-state index < -0.39 is 0 Å². The molecule has 4 aromatic rings. The van der Waals surface area contributed by atoms with Crippen LogP contribution < -0.4 is 10.5 Å². The maximum Gasteiger partial charge on any atom is 0.188 e. The van der Waals surface area contributed by atoms with Gasteiger partial charge in [0, 0.05) is 18.2 Å². The Bertz CT molecular complexity index is 1280. The number of anilines is 1.